The summed E-state index contributed by atoms with van der Waals surface area (Å²) in [6.45, 7) is 6.09. The normalized spacial score (nSPS) is 19.0. The third-order valence-electron chi connectivity index (χ3n) is 7.02. The van der Waals surface area contributed by atoms with E-state index in [4.69, 9.17) is 4.74 Å². The van der Waals surface area contributed by atoms with Gasteiger partial charge in [0.1, 0.15) is 5.75 Å². The Labute approximate surface area is 209 Å². The van der Waals surface area contributed by atoms with Gasteiger partial charge in [-0.15, -0.1) is 0 Å². The van der Waals surface area contributed by atoms with Crippen LogP contribution in [-0.4, -0.2) is 51.9 Å². The SMILES string of the molecule is COc1ccc(S(=O)(=O)N2CCCC2)cc1CCC(=O)NCc1ccc(N2CCC[C@H](C)C2)cc1. The first-order valence-electron chi connectivity index (χ1n) is 12.6. The average molecular weight is 500 g/mol. The van der Waals surface area contributed by atoms with E-state index in [9.17, 15) is 13.2 Å². The van der Waals surface area contributed by atoms with Gasteiger partial charge in [-0.3, -0.25) is 4.79 Å². The van der Waals surface area contributed by atoms with Crippen molar-refractivity contribution in [1.82, 2.24) is 9.62 Å². The molecule has 1 atom stereocenters. The Morgan fingerprint density at radius 3 is 2.49 bits per heavy atom. The van der Waals surface area contributed by atoms with E-state index in [0.29, 0.717) is 31.8 Å². The lowest BCUT2D eigenvalue weighted by Crippen LogP contribution is -2.34. The van der Waals surface area contributed by atoms with Gasteiger partial charge in [0.25, 0.3) is 0 Å². The van der Waals surface area contributed by atoms with E-state index in [1.807, 2.05) is 0 Å². The van der Waals surface area contributed by atoms with Gasteiger partial charge in [0.15, 0.2) is 0 Å². The topological polar surface area (TPSA) is 79.0 Å². The fourth-order valence-corrected chi connectivity index (χ4v) is 6.54. The number of benzene rings is 2. The van der Waals surface area contributed by atoms with E-state index >= 15 is 0 Å². The highest BCUT2D eigenvalue weighted by Crippen LogP contribution is 2.27. The van der Waals surface area contributed by atoms with Crippen LogP contribution in [-0.2, 0) is 27.8 Å². The summed E-state index contributed by atoms with van der Waals surface area (Å²) in [5, 5.41) is 2.98. The Kier molecular flexibility index (Phi) is 8.34. The molecular weight excluding hydrogens is 462 g/mol. The molecule has 2 heterocycles. The summed E-state index contributed by atoms with van der Waals surface area (Å²) >= 11 is 0. The first-order chi connectivity index (χ1) is 16.9. The van der Waals surface area contributed by atoms with Gasteiger partial charge in [-0.05, 0) is 79.5 Å². The fraction of sp³-hybridized carbons (Fsp3) is 0.519. The number of hydrogen-bond acceptors (Lipinski definition) is 5. The van der Waals surface area contributed by atoms with E-state index in [1.165, 1.54) is 22.8 Å². The van der Waals surface area contributed by atoms with Crippen molar-refractivity contribution < 1.29 is 17.9 Å². The molecule has 0 unspecified atom stereocenters. The van der Waals surface area contributed by atoms with Crippen LogP contribution >= 0.6 is 0 Å². The number of piperidine rings is 1. The summed E-state index contributed by atoms with van der Waals surface area (Å²) in [4.78, 5) is 15.2. The van der Waals surface area contributed by atoms with Crippen LogP contribution in [0.15, 0.2) is 47.4 Å². The van der Waals surface area contributed by atoms with Crippen LogP contribution in [0.4, 0.5) is 5.69 Å². The van der Waals surface area contributed by atoms with Crippen molar-refractivity contribution in [2.75, 3.05) is 38.2 Å². The lowest BCUT2D eigenvalue weighted by atomic mass is 9.99. The Bertz CT molecular complexity index is 1110. The van der Waals surface area contributed by atoms with E-state index < -0.39 is 10.0 Å². The molecule has 2 aromatic carbocycles. The molecule has 4 rings (SSSR count). The monoisotopic (exact) mass is 499 g/mol. The fourth-order valence-electron chi connectivity index (χ4n) is 4.97. The van der Waals surface area contributed by atoms with Crippen LogP contribution in [0.3, 0.4) is 0 Å². The number of carbonyl (C=O) groups is 1. The van der Waals surface area contributed by atoms with Crippen molar-refractivity contribution in [2.24, 2.45) is 5.92 Å². The van der Waals surface area contributed by atoms with Gasteiger partial charge in [0.05, 0.1) is 12.0 Å². The van der Waals surface area contributed by atoms with Crippen molar-refractivity contribution in [3.63, 3.8) is 0 Å². The van der Waals surface area contributed by atoms with Gasteiger partial charge in [-0.2, -0.15) is 4.31 Å². The van der Waals surface area contributed by atoms with Crippen LogP contribution in [0, 0.1) is 5.92 Å². The third-order valence-corrected chi connectivity index (χ3v) is 8.92. The highest BCUT2D eigenvalue weighted by atomic mass is 32.2. The minimum Gasteiger partial charge on any atom is -0.496 e. The van der Waals surface area contributed by atoms with Crippen molar-refractivity contribution in [3.05, 3.63) is 53.6 Å². The molecule has 2 saturated heterocycles. The standard InChI is InChI=1S/C27H37N3O4S/c1-21-6-5-15-29(20-21)24-10-7-22(8-11-24)19-28-27(31)14-9-23-18-25(12-13-26(23)34-2)35(32,33)30-16-3-4-17-30/h7-8,10-13,18,21H,3-6,9,14-17,19-20H2,1-2H3,(H,28,31)/t21-/m0/s1. The van der Waals surface area contributed by atoms with Crippen LogP contribution in [0.25, 0.3) is 0 Å². The van der Waals surface area contributed by atoms with Gasteiger partial charge in [-0.1, -0.05) is 19.1 Å². The van der Waals surface area contributed by atoms with Crippen LogP contribution < -0.4 is 15.0 Å². The third kappa shape index (κ3) is 6.35. The molecule has 0 saturated carbocycles. The molecule has 2 aliphatic rings. The second kappa shape index (κ2) is 11.4. The number of anilines is 1. The molecule has 190 valence electrons. The molecule has 0 aromatic heterocycles. The van der Waals surface area contributed by atoms with Gasteiger partial charge in [0.2, 0.25) is 15.9 Å². The molecule has 1 N–H and O–H groups in total. The number of sulfonamides is 1. The summed E-state index contributed by atoms with van der Waals surface area (Å²) in [6.07, 6.45) is 4.98. The van der Waals surface area contributed by atoms with E-state index in [0.717, 1.165) is 43.0 Å². The number of rotatable bonds is 9. The Morgan fingerprint density at radius 1 is 1.06 bits per heavy atom. The molecule has 0 radical (unpaired) electrons. The molecule has 2 aromatic rings. The first kappa shape index (κ1) is 25.5. The lowest BCUT2D eigenvalue weighted by Gasteiger charge is -2.32. The maximum absolute atomic E-state index is 12.9. The number of nitrogens with one attached hydrogen (secondary N) is 1. The van der Waals surface area contributed by atoms with Crippen LogP contribution in [0.2, 0.25) is 0 Å². The Balaban J connectivity index is 1.32. The number of aryl methyl sites for hydroxylation is 1. The summed E-state index contributed by atoms with van der Waals surface area (Å²) in [5.74, 6) is 1.25. The van der Waals surface area contributed by atoms with Crippen molar-refractivity contribution in [2.45, 2.75) is 56.9 Å². The zero-order valence-electron chi connectivity index (χ0n) is 20.8. The minimum atomic E-state index is -3.51. The smallest absolute Gasteiger partial charge is 0.243 e. The number of carbonyl (C=O) groups excluding carboxylic acids is 1. The lowest BCUT2D eigenvalue weighted by molar-refractivity contribution is -0.121. The molecule has 0 spiro atoms. The summed E-state index contributed by atoms with van der Waals surface area (Å²) in [7, 11) is -1.95. The van der Waals surface area contributed by atoms with E-state index in [-0.39, 0.29) is 17.2 Å². The highest BCUT2D eigenvalue weighted by molar-refractivity contribution is 7.89. The molecule has 0 aliphatic carbocycles. The zero-order valence-corrected chi connectivity index (χ0v) is 21.6. The molecule has 7 nitrogen and oxygen atoms in total. The molecular formula is C27H37N3O4S. The molecule has 1 amide bonds. The molecule has 35 heavy (non-hydrogen) atoms. The molecule has 8 heteroatoms. The maximum Gasteiger partial charge on any atom is 0.243 e. The van der Waals surface area contributed by atoms with Gasteiger partial charge >= 0.3 is 0 Å². The number of ether oxygens (including phenoxy) is 1. The highest BCUT2D eigenvalue weighted by Gasteiger charge is 2.27. The number of methoxy groups -OCH3 is 1. The summed E-state index contributed by atoms with van der Waals surface area (Å²) < 4.78 is 32.8. The summed E-state index contributed by atoms with van der Waals surface area (Å²) in [6, 6.07) is 13.3. The van der Waals surface area contributed by atoms with Gasteiger partial charge < -0.3 is 15.0 Å². The number of amides is 1. The second-order valence-electron chi connectivity index (χ2n) is 9.72. The Hall–Kier alpha value is -2.58. The quantitative estimate of drug-likeness (QED) is 0.565. The zero-order chi connectivity index (χ0) is 24.8. The Morgan fingerprint density at radius 2 is 1.80 bits per heavy atom. The van der Waals surface area contributed by atoms with E-state index in [2.05, 4.69) is 41.4 Å². The van der Waals surface area contributed by atoms with Gasteiger partial charge in [0, 0.05) is 44.8 Å². The van der Waals surface area contributed by atoms with Crippen molar-refractivity contribution in [1.29, 1.82) is 0 Å². The van der Waals surface area contributed by atoms with E-state index in [1.54, 1.807) is 25.3 Å². The van der Waals surface area contributed by atoms with Crippen LogP contribution in [0.5, 0.6) is 5.75 Å². The predicted molar refractivity (Wildman–Crippen MR) is 138 cm³/mol. The molecule has 2 fully saturated rings. The number of hydrogen-bond donors (Lipinski definition) is 1. The van der Waals surface area contributed by atoms with Crippen LogP contribution in [0.1, 0.15) is 50.2 Å². The van der Waals surface area contributed by atoms with Crippen molar-refractivity contribution >= 4 is 21.6 Å². The number of nitrogens with zero attached hydrogens (tertiary/aromatic N) is 2. The molecule has 0 bridgehead atoms. The average Bonchev–Trinajstić information content (AvgIpc) is 3.42. The largest absolute Gasteiger partial charge is 0.496 e. The van der Waals surface area contributed by atoms with Gasteiger partial charge in [-0.25, -0.2) is 8.42 Å². The first-order valence-corrected chi connectivity index (χ1v) is 14.1. The predicted octanol–water partition coefficient (Wildman–Crippen LogP) is 3.97. The minimum absolute atomic E-state index is 0.0752. The summed E-state index contributed by atoms with van der Waals surface area (Å²) in [5.41, 5.74) is 3.02. The maximum atomic E-state index is 12.9. The second-order valence-corrected chi connectivity index (χ2v) is 11.7. The molecule has 2 aliphatic heterocycles. The van der Waals surface area contributed by atoms with Crippen molar-refractivity contribution in [3.8, 4) is 5.75 Å².